The summed E-state index contributed by atoms with van der Waals surface area (Å²) in [6.07, 6.45) is 0. The van der Waals surface area contributed by atoms with Crippen LogP contribution in [0.4, 0.5) is 34.1 Å². The van der Waals surface area contributed by atoms with Gasteiger partial charge in [0, 0.05) is 27.7 Å². The van der Waals surface area contributed by atoms with Gasteiger partial charge in [-0.15, -0.1) is 15.3 Å². The Kier molecular flexibility index (Phi) is 19.0. The Hall–Kier alpha value is -6.72. The van der Waals surface area contributed by atoms with Crippen molar-refractivity contribution in [2.75, 3.05) is 23.8 Å². The number of rotatable bonds is 14. The van der Waals surface area contributed by atoms with E-state index in [0.717, 1.165) is 18.2 Å². The number of halogens is 2. The molecule has 2 amide bonds. The van der Waals surface area contributed by atoms with Gasteiger partial charge in [-0.1, -0.05) is 77.5 Å². The van der Waals surface area contributed by atoms with Crippen molar-refractivity contribution in [3.63, 3.8) is 0 Å². The summed E-state index contributed by atoms with van der Waals surface area (Å²) in [4.78, 5) is 25.2. The number of hydrogen-bond acceptors (Lipinski definition) is 15. The SMILES string of the molecule is CCOc1ccc(NC(=O)c2cc3ccccc3c(N=Nc3cc(S(=O)(=O)O)cc(C)c3Cl)c2O)cc1.CCOc1ccc(NC(=O)c2cc3ccccc3c(N=Nc3cc(S(=O)(=O)[O-])cc(C)c3Cl)c2[O-])cc1.[Ca+2]. The largest absolute Gasteiger partial charge is 2.00 e. The molecule has 75 heavy (non-hydrogen) atoms. The molecule has 18 nitrogen and oxygen atoms in total. The number of aryl methyl sites for hydroxylation is 2. The number of phenols is 1. The quantitative estimate of drug-likeness (QED) is 0.0449. The third kappa shape index (κ3) is 14.0. The minimum absolute atomic E-state index is 0. The Bertz CT molecular complexity index is 3530. The van der Waals surface area contributed by atoms with Crippen LogP contribution in [0.15, 0.2) is 164 Å². The number of benzene rings is 8. The normalized spacial score (nSPS) is 11.5. The molecular weight excluding hydrogens is 1080 g/mol. The maximum Gasteiger partial charge on any atom is 2.00 e. The number of amides is 2. The first-order chi connectivity index (χ1) is 35.2. The number of ether oxygens (including phenoxy) is 2. The number of phenolic OH excluding ortho intramolecular Hbond substituents is 1. The van der Waals surface area contributed by atoms with Crippen molar-refractivity contribution in [2.45, 2.75) is 37.5 Å². The van der Waals surface area contributed by atoms with Gasteiger partial charge in [0.25, 0.3) is 21.9 Å². The van der Waals surface area contributed by atoms with E-state index >= 15 is 0 Å². The smallest absolute Gasteiger partial charge is 0.870 e. The van der Waals surface area contributed by atoms with E-state index in [1.165, 1.54) is 25.1 Å². The topological polar surface area (TPSA) is 281 Å². The van der Waals surface area contributed by atoms with Gasteiger partial charge in [-0.2, -0.15) is 13.5 Å². The third-order valence-electron chi connectivity index (χ3n) is 10.8. The van der Waals surface area contributed by atoms with E-state index in [0.29, 0.717) is 68.8 Å². The first kappa shape index (κ1) is 57.6. The molecule has 8 rings (SSSR count). The number of carbonyl (C=O) groups is 2. The van der Waals surface area contributed by atoms with Gasteiger partial charge in [-0.3, -0.25) is 14.1 Å². The van der Waals surface area contributed by atoms with Crippen LogP contribution < -0.4 is 25.2 Å². The molecule has 0 unspecified atom stereocenters. The van der Waals surface area contributed by atoms with Crippen molar-refractivity contribution in [1.29, 1.82) is 0 Å². The van der Waals surface area contributed by atoms with Crippen molar-refractivity contribution < 1.29 is 55.2 Å². The molecule has 23 heteroatoms. The van der Waals surface area contributed by atoms with Gasteiger partial charge in [0.1, 0.15) is 38.7 Å². The molecule has 0 spiro atoms. The fraction of sp³-hybridized carbons (Fsp3) is 0.115. The molecule has 0 aromatic heterocycles. The molecule has 0 fully saturated rings. The molecule has 0 aliphatic rings. The van der Waals surface area contributed by atoms with E-state index in [2.05, 4.69) is 31.1 Å². The van der Waals surface area contributed by atoms with Crippen LogP contribution in [0.5, 0.6) is 23.0 Å². The number of azo groups is 2. The van der Waals surface area contributed by atoms with Crippen molar-refractivity contribution in [1.82, 2.24) is 0 Å². The molecule has 0 bridgehead atoms. The van der Waals surface area contributed by atoms with E-state index in [1.807, 2.05) is 13.8 Å². The Labute approximate surface area is 470 Å². The number of nitrogens with one attached hydrogen (secondary N) is 2. The third-order valence-corrected chi connectivity index (χ3v) is 13.5. The number of anilines is 2. The minimum atomic E-state index is -4.78. The Balaban J connectivity index is 0.000000241. The maximum absolute atomic E-state index is 13.3. The molecule has 0 heterocycles. The van der Waals surface area contributed by atoms with Crippen LogP contribution in [0.2, 0.25) is 10.0 Å². The molecule has 0 aliphatic carbocycles. The first-order valence-electron chi connectivity index (χ1n) is 22.1. The van der Waals surface area contributed by atoms with Gasteiger partial charge in [0.2, 0.25) is 0 Å². The molecule has 0 radical (unpaired) electrons. The van der Waals surface area contributed by atoms with Crippen LogP contribution in [0, 0.1) is 13.8 Å². The number of nitrogens with zero attached hydrogens (tertiary/aromatic N) is 4. The van der Waals surface area contributed by atoms with E-state index < -0.39 is 53.3 Å². The summed E-state index contributed by atoms with van der Waals surface area (Å²) in [5.74, 6) is -1.04. The first-order valence-corrected chi connectivity index (χ1v) is 25.7. The van der Waals surface area contributed by atoms with Crippen LogP contribution in [0.1, 0.15) is 45.7 Å². The second-order valence-electron chi connectivity index (χ2n) is 16.0. The van der Waals surface area contributed by atoms with Crippen molar-refractivity contribution in [2.24, 2.45) is 20.5 Å². The van der Waals surface area contributed by atoms with E-state index in [9.17, 15) is 45.7 Å². The van der Waals surface area contributed by atoms with Gasteiger partial charge in [-0.05, 0) is 135 Å². The summed E-state index contributed by atoms with van der Waals surface area (Å²) in [5, 5.41) is 48.3. The second-order valence-corrected chi connectivity index (χ2v) is 19.5. The summed E-state index contributed by atoms with van der Waals surface area (Å²) in [6.45, 7) is 7.80. The van der Waals surface area contributed by atoms with Crippen molar-refractivity contribution in [3.8, 4) is 23.0 Å². The summed E-state index contributed by atoms with van der Waals surface area (Å²) in [7, 11) is -9.29. The molecule has 4 N–H and O–H groups in total. The van der Waals surface area contributed by atoms with Gasteiger partial charge < -0.3 is 34.9 Å². The summed E-state index contributed by atoms with van der Waals surface area (Å²) in [6, 6.07) is 34.6. The van der Waals surface area contributed by atoms with Gasteiger partial charge in [0.05, 0.1) is 44.3 Å². The van der Waals surface area contributed by atoms with E-state index in [-0.39, 0.29) is 81.7 Å². The number of fused-ring (bicyclic) bond motifs is 2. The Morgan fingerprint density at radius 1 is 0.600 bits per heavy atom. The zero-order valence-electron chi connectivity index (χ0n) is 40.2. The van der Waals surface area contributed by atoms with Crippen LogP contribution >= 0.6 is 23.2 Å². The maximum atomic E-state index is 13.3. The van der Waals surface area contributed by atoms with Crippen molar-refractivity contribution in [3.05, 3.63) is 166 Å². The molecule has 380 valence electrons. The minimum Gasteiger partial charge on any atom is -0.870 e. The fourth-order valence-corrected chi connectivity index (χ4v) is 8.71. The molecule has 0 atom stereocenters. The number of aromatic hydroxyl groups is 1. The Morgan fingerprint density at radius 3 is 1.48 bits per heavy atom. The van der Waals surface area contributed by atoms with Gasteiger partial charge >= 0.3 is 37.7 Å². The van der Waals surface area contributed by atoms with Crippen LogP contribution in [0.3, 0.4) is 0 Å². The van der Waals surface area contributed by atoms with Crippen LogP contribution in [0.25, 0.3) is 21.5 Å². The molecule has 0 saturated heterocycles. The van der Waals surface area contributed by atoms with Crippen LogP contribution in [-0.4, -0.2) is 93.8 Å². The standard InChI is InChI=1S/2C26H22ClN3O6S.Ca/c2*1-3-36-18-10-8-17(9-11-18)28-26(32)21-13-16-6-4-5-7-20(16)24(25(21)31)30-29-22-14-19(37(33,34)35)12-15(2)23(22)27;/h2*4-14,31H,3H2,1-2H3,(H,28,32)(H,33,34,35);/q;;+2/p-2. The summed E-state index contributed by atoms with van der Waals surface area (Å²) in [5.41, 5.74) is 1.09. The summed E-state index contributed by atoms with van der Waals surface area (Å²) >= 11 is 12.5. The van der Waals surface area contributed by atoms with E-state index in [1.54, 1.807) is 104 Å². The predicted molar refractivity (Wildman–Crippen MR) is 284 cm³/mol. The average Bonchev–Trinajstić information content (AvgIpc) is 3.36. The number of hydrogen-bond donors (Lipinski definition) is 4. The predicted octanol–water partition coefficient (Wildman–Crippen LogP) is 12.3. The zero-order valence-corrected chi connectivity index (χ0v) is 45.5. The van der Waals surface area contributed by atoms with Gasteiger partial charge in [0.15, 0.2) is 5.75 Å². The molecule has 8 aromatic carbocycles. The van der Waals surface area contributed by atoms with Crippen molar-refractivity contribution >= 4 is 149 Å². The molecule has 0 saturated carbocycles. The fourth-order valence-electron chi connectivity index (χ4n) is 7.25. The summed E-state index contributed by atoms with van der Waals surface area (Å²) < 4.78 is 78.0. The zero-order chi connectivity index (χ0) is 53.5. The van der Waals surface area contributed by atoms with Gasteiger partial charge in [-0.25, -0.2) is 8.42 Å². The Morgan fingerprint density at radius 2 is 1.01 bits per heavy atom. The van der Waals surface area contributed by atoms with Crippen LogP contribution in [-0.2, 0) is 20.2 Å². The molecular formula is C52H42CaCl2N6O12S2. The monoisotopic (exact) mass is 1120 g/mol. The number of carbonyl (C=O) groups excluding carboxylic acids is 2. The molecule has 8 aromatic rings. The second kappa shape index (κ2) is 24.7. The average molecular weight is 1120 g/mol. The van der Waals surface area contributed by atoms with E-state index in [4.69, 9.17) is 32.7 Å². The molecule has 0 aliphatic heterocycles.